The molecule has 206 valence electrons. The van der Waals surface area contributed by atoms with E-state index in [9.17, 15) is 9.90 Å². The lowest BCUT2D eigenvalue weighted by Crippen LogP contribution is -2.67. The summed E-state index contributed by atoms with van der Waals surface area (Å²) in [5.74, 6) is 1.65. The molecule has 1 saturated carbocycles. The number of carbonyl (C=O) groups is 1. The van der Waals surface area contributed by atoms with E-state index in [1.165, 1.54) is 23.0 Å². The smallest absolute Gasteiger partial charge is 0.338 e. The third kappa shape index (κ3) is 4.86. The molecule has 7 nitrogen and oxygen atoms in total. The Bertz CT molecular complexity index is 1420. The van der Waals surface area contributed by atoms with E-state index in [0.717, 1.165) is 36.3 Å². The van der Waals surface area contributed by atoms with Gasteiger partial charge in [0.15, 0.2) is 0 Å². The molecule has 3 heterocycles. The highest BCUT2D eigenvalue weighted by Gasteiger charge is 2.50. The van der Waals surface area contributed by atoms with Gasteiger partial charge in [0.1, 0.15) is 11.9 Å². The maximum absolute atomic E-state index is 11.7. The van der Waals surface area contributed by atoms with Crippen LogP contribution in [0.15, 0.2) is 91.4 Å². The molecule has 1 aliphatic carbocycles. The Morgan fingerprint density at radius 3 is 2.10 bits per heavy atom. The maximum atomic E-state index is 11.7. The second kappa shape index (κ2) is 10.3. The molecule has 0 bridgehead atoms. The predicted molar refractivity (Wildman–Crippen MR) is 159 cm³/mol. The Labute approximate surface area is 236 Å². The van der Waals surface area contributed by atoms with E-state index in [1.807, 2.05) is 18.3 Å². The van der Waals surface area contributed by atoms with Crippen LogP contribution in [0, 0.1) is 11.8 Å². The summed E-state index contributed by atoms with van der Waals surface area (Å²) in [6, 6.07) is 24.9. The molecular weight excluding hydrogens is 516 g/mol. The molecule has 8 heteroatoms. The Hall–Kier alpha value is -3.75. The highest BCUT2D eigenvalue weighted by atomic mass is 28.4. The molecule has 40 heavy (non-hydrogen) atoms. The quantitative estimate of drug-likeness (QED) is 0.306. The SMILES string of the molecule is CC(C)(C)[Si](OCC(c1ccc(N2CC3CC3C2)nc1)n1cc(C(=O)O)cn1)(c1ccccc1)c1ccccc1. The summed E-state index contributed by atoms with van der Waals surface area (Å²) in [7, 11) is -2.81. The predicted octanol–water partition coefficient (Wildman–Crippen LogP) is 4.60. The fraction of sp³-hybridized carbons (Fsp3) is 0.344. The van der Waals surface area contributed by atoms with Crippen molar-refractivity contribution in [3.63, 3.8) is 0 Å². The van der Waals surface area contributed by atoms with Crippen molar-refractivity contribution in [2.45, 2.75) is 38.3 Å². The number of hydrogen-bond donors (Lipinski definition) is 1. The van der Waals surface area contributed by atoms with Crippen LogP contribution < -0.4 is 15.3 Å². The molecule has 0 radical (unpaired) electrons. The van der Waals surface area contributed by atoms with Crippen molar-refractivity contribution in [1.82, 2.24) is 14.8 Å². The van der Waals surface area contributed by atoms with Gasteiger partial charge in [0.05, 0.1) is 18.4 Å². The summed E-state index contributed by atoms with van der Waals surface area (Å²) in [6.45, 7) is 9.24. The second-order valence-electron chi connectivity index (χ2n) is 12.1. The van der Waals surface area contributed by atoms with E-state index in [0.29, 0.717) is 6.61 Å². The van der Waals surface area contributed by atoms with Gasteiger partial charge in [-0.05, 0) is 45.3 Å². The lowest BCUT2D eigenvalue weighted by Gasteiger charge is -2.43. The number of carboxylic acid groups (broad SMARTS) is 1. The van der Waals surface area contributed by atoms with E-state index in [-0.39, 0.29) is 16.6 Å². The molecule has 1 N–H and O–H groups in total. The van der Waals surface area contributed by atoms with Gasteiger partial charge in [0, 0.05) is 25.5 Å². The first-order valence-electron chi connectivity index (χ1n) is 14.0. The number of carboxylic acids is 1. The van der Waals surface area contributed by atoms with E-state index in [1.54, 1.807) is 10.9 Å². The number of hydrogen-bond acceptors (Lipinski definition) is 5. The zero-order valence-electron chi connectivity index (χ0n) is 23.3. The number of fused-ring (bicyclic) bond motifs is 1. The molecule has 1 saturated heterocycles. The number of nitrogens with zero attached hydrogens (tertiary/aromatic N) is 4. The van der Waals surface area contributed by atoms with Crippen LogP contribution in [0.25, 0.3) is 0 Å². The average Bonchev–Trinajstić information content (AvgIpc) is 3.32. The van der Waals surface area contributed by atoms with Gasteiger partial charge in [0.25, 0.3) is 8.32 Å². The Kier molecular flexibility index (Phi) is 6.84. The minimum Gasteiger partial charge on any atom is -0.478 e. The van der Waals surface area contributed by atoms with Gasteiger partial charge in [0.2, 0.25) is 0 Å². The minimum absolute atomic E-state index is 0.149. The Balaban J connectivity index is 1.38. The van der Waals surface area contributed by atoms with Crippen molar-refractivity contribution >= 4 is 30.5 Å². The molecule has 2 aliphatic rings. The number of anilines is 1. The largest absolute Gasteiger partial charge is 0.478 e. The molecule has 2 fully saturated rings. The Morgan fingerprint density at radius 2 is 1.60 bits per heavy atom. The van der Waals surface area contributed by atoms with Crippen LogP contribution in [0.5, 0.6) is 0 Å². The normalized spacial score (nSPS) is 19.3. The number of aromatic carboxylic acids is 1. The van der Waals surface area contributed by atoms with Gasteiger partial charge in [-0.25, -0.2) is 9.78 Å². The summed E-state index contributed by atoms with van der Waals surface area (Å²) in [6.07, 6.45) is 6.24. The molecule has 2 aromatic heterocycles. The van der Waals surface area contributed by atoms with Crippen molar-refractivity contribution in [2.75, 3.05) is 24.6 Å². The van der Waals surface area contributed by atoms with Gasteiger partial charge in [-0.2, -0.15) is 5.10 Å². The second-order valence-corrected chi connectivity index (χ2v) is 16.4. The van der Waals surface area contributed by atoms with Crippen LogP contribution in [0.4, 0.5) is 5.82 Å². The zero-order chi connectivity index (χ0) is 27.9. The van der Waals surface area contributed by atoms with Crippen LogP contribution >= 0.6 is 0 Å². The van der Waals surface area contributed by atoms with Crippen LogP contribution in [0.3, 0.4) is 0 Å². The number of rotatable bonds is 9. The molecule has 6 rings (SSSR count). The molecule has 0 amide bonds. The number of pyridine rings is 1. The van der Waals surface area contributed by atoms with Crippen LogP contribution in [0.1, 0.15) is 49.2 Å². The van der Waals surface area contributed by atoms with Gasteiger partial charge >= 0.3 is 5.97 Å². The number of aromatic nitrogens is 3. The minimum atomic E-state index is -2.81. The van der Waals surface area contributed by atoms with Crippen molar-refractivity contribution < 1.29 is 14.3 Å². The average molecular weight is 553 g/mol. The van der Waals surface area contributed by atoms with Crippen molar-refractivity contribution in [2.24, 2.45) is 11.8 Å². The molecule has 2 aromatic carbocycles. The molecular formula is C32H36N4O3Si. The first-order valence-corrected chi connectivity index (χ1v) is 15.9. The van der Waals surface area contributed by atoms with Gasteiger partial charge < -0.3 is 14.4 Å². The highest BCUT2D eigenvalue weighted by molar-refractivity contribution is 6.99. The fourth-order valence-corrected chi connectivity index (χ4v) is 10.8. The number of piperidine rings is 1. The first-order chi connectivity index (χ1) is 19.3. The van der Waals surface area contributed by atoms with Gasteiger partial charge in [-0.15, -0.1) is 0 Å². The monoisotopic (exact) mass is 552 g/mol. The summed E-state index contributed by atoms with van der Waals surface area (Å²) >= 11 is 0. The third-order valence-corrected chi connectivity index (χ3v) is 13.5. The summed E-state index contributed by atoms with van der Waals surface area (Å²) in [4.78, 5) is 18.9. The first kappa shape index (κ1) is 26.5. The van der Waals surface area contributed by atoms with E-state index in [4.69, 9.17) is 9.41 Å². The molecule has 3 atom stereocenters. The zero-order valence-corrected chi connectivity index (χ0v) is 24.3. The van der Waals surface area contributed by atoms with Crippen LogP contribution in [0.2, 0.25) is 5.04 Å². The molecule has 3 unspecified atom stereocenters. The summed E-state index contributed by atoms with van der Waals surface area (Å²) in [5.41, 5.74) is 1.09. The van der Waals surface area contributed by atoms with Crippen molar-refractivity contribution in [3.8, 4) is 0 Å². The fourth-order valence-electron chi connectivity index (χ4n) is 6.28. The lowest BCUT2D eigenvalue weighted by atomic mass is 10.1. The van der Waals surface area contributed by atoms with E-state index >= 15 is 0 Å². The van der Waals surface area contributed by atoms with Crippen LogP contribution in [-0.4, -0.2) is 53.9 Å². The van der Waals surface area contributed by atoms with E-state index < -0.39 is 14.3 Å². The van der Waals surface area contributed by atoms with Crippen molar-refractivity contribution in [1.29, 1.82) is 0 Å². The van der Waals surface area contributed by atoms with Gasteiger partial charge in [-0.1, -0.05) is 87.5 Å². The standard InChI is InChI=1S/C32H36N4O3Si/c1-32(2,3)40(27-10-6-4-7-11-27,28-12-8-5-9-13-28)39-22-29(36-21-26(18-34-36)31(37)38)23-14-15-30(33-17-23)35-19-24-16-25(24)20-35/h4-15,17-18,21,24-25,29H,16,19-20,22H2,1-3H3,(H,37,38). The highest BCUT2D eigenvalue weighted by Crippen LogP contribution is 2.46. The Morgan fingerprint density at radius 1 is 0.975 bits per heavy atom. The van der Waals surface area contributed by atoms with Crippen molar-refractivity contribution in [3.05, 3.63) is 103 Å². The summed E-state index contributed by atoms with van der Waals surface area (Å²) < 4.78 is 8.96. The molecule has 1 aliphatic heterocycles. The molecule has 0 spiro atoms. The maximum Gasteiger partial charge on any atom is 0.338 e. The van der Waals surface area contributed by atoms with Crippen LogP contribution in [-0.2, 0) is 4.43 Å². The molecule has 4 aromatic rings. The number of benzene rings is 2. The third-order valence-electron chi connectivity index (χ3n) is 8.50. The van der Waals surface area contributed by atoms with E-state index in [2.05, 4.69) is 91.4 Å². The van der Waals surface area contributed by atoms with Gasteiger partial charge in [-0.3, -0.25) is 4.68 Å². The topological polar surface area (TPSA) is 80.5 Å². The lowest BCUT2D eigenvalue weighted by molar-refractivity contribution is 0.0696. The summed E-state index contributed by atoms with van der Waals surface area (Å²) in [5, 5.41) is 16.3.